The molecule has 0 unspecified atom stereocenters. The molecule has 0 radical (unpaired) electrons. The third-order valence-electron chi connectivity index (χ3n) is 2.89. The maximum Gasteiger partial charge on any atom is 0.0656 e. The summed E-state index contributed by atoms with van der Waals surface area (Å²) < 4.78 is 0. The molecule has 0 aromatic rings. The van der Waals surface area contributed by atoms with Crippen molar-refractivity contribution in [3.63, 3.8) is 0 Å². The molecular formula is C10H20Si. The summed E-state index contributed by atoms with van der Waals surface area (Å²) in [6.45, 7) is 8.93. The van der Waals surface area contributed by atoms with Crippen LogP contribution in [-0.2, 0) is 0 Å². The maximum atomic E-state index is 3.25. The molecule has 0 aliphatic heterocycles. The molecule has 0 atom stereocenters. The first kappa shape index (κ1) is 10.8. The second-order valence-corrected chi connectivity index (χ2v) is 8.64. The molecule has 0 heterocycles. The van der Waals surface area contributed by atoms with Crippen molar-refractivity contribution in [2.45, 2.75) is 51.9 Å². The molecule has 0 aromatic heterocycles. The zero-order chi connectivity index (χ0) is 8.74. The van der Waals surface area contributed by atoms with E-state index in [4.69, 9.17) is 0 Å². The Balaban J connectivity index is 4.12. The van der Waals surface area contributed by atoms with Crippen LogP contribution < -0.4 is 0 Å². The van der Waals surface area contributed by atoms with Gasteiger partial charge in [-0.25, -0.2) is 0 Å². The van der Waals surface area contributed by atoms with Gasteiger partial charge in [0.25, 0.3) is 0 Å². The van der Waals surface area contributed by atoms with Crippen molar-refractivity contribution >= 4 is 8.07 Å². The van der Waals surface area contributed by atoms with Crippen LogP contribution in [-0.4, -0.2) is 8.07 Å². The Morgan fingerprint density at radius 1 is 1.00 bits per heavy atom. The molecule has 0 N–H and O–H groups in total. The van der Waals surface area contributed by atoms with Crippen molar-refractivity contribution in [2.24, 2.45) is 0 Å². The summed E-state index contributed by atoms with van der Waals surface area (Å²) in [6, 6.07) is 5.41. The van der Waals surface area contributed by atoms with E-state index in [1.54, 1.807) is 0 Å². The fourth-order valence-corrected chi connectivity index (χ4v) is 4.20. The second kappa shape index (κ2) is 5.43. The molecule has 11 heavy (non-hydrogen) atoms. The molecule has 0 aliphatic carbocycles. The van der Waals surface area contributed by atoms with Gasteiger partial charge in [0.2, 0.25) is 0 Å². The van der Waals surface area contributed by atoms with Gasteiger partial charge in [-0.15, -0.1) is 11.8 Å². The SMILES string of the molecule is CC#CC[Si](CC)(CC)CC. The summed E-state index contributed by atoms with van der Waals surface area (Å²) >= 11 is 0. The molecule has 0 saturated carbocycles. The molecule has 0 fully saturated rings. The third-order valence-corrected chi connectivity index (χ3v) is 8.32. The molecule has 0 spiro atoms. The summed E-state index contributed by atoms with van der Waals surface area (Å²) in [4.78, 5) is 0. The number of rotatable bonds is 4. The molecule has 0 amide bonds. The molecule has 0 aliphatic rings. The topological polar surface area (TPSA) is 0 Å². The minimum atomic E-state index is -0.912. The lowest BCUT2D eigenvalue weighted by molar-refractivity contribution is 1.15. The van der Waals surface area contributed by atoms with Gasteiger partial charge in [-0.2, -0.15) is 0 Å². The van der Waals surface area contributed by atoms with Crippen molar-refractivity contribution in [2.75, 3.05) is 0 Å². The highest BCUT2D eigenvalue weighted by atomic mass is 28.3. The highest BCUT2D eigenvalue weighted by molar-refractivity contribution is 6.80. The maximum absolute atomic E-state index is 3.25. The summed E-state index contributed by atoms with van der Waals surface area (Å²) in [7, 11) is -0.912. The fraction of sp³-hybridized carbons (Fsp3) is 0.800. The Hall–Kier alpha value is -0.223. The predicted octanol–water partition coefficient (Wildman–Crippen LogP) is 3.52. The van der Waals surface area contributed by atoms with E-state index in [1.807, 2.05) is 6.92 Å². The van der Waals surface area contributed by atoms with Crippen LogP contribution in [0.1, 0.15) is 27.7 Å². The molecule has 0 rings (SSSR count). The van der Waals surface area contributed by atoms with E-state index in [0.29, 0.717) is 0 Å². The van der Waals surface area contributed by atoms with Gasteiger partial charge in [-0.05, 0) is 6.92 Å². The first-order valence-electron chi connectivity index (χ1n) is 4.64. The fourth-order valence-electron chi connectivity index (χ4n) is 1.40. The quantitative estimate of drug-likeness (QED) is 0.445. The van der Waals surface area contributed by atoms with Gasteiger partial charge >= 0.3 is 0 Å². The molecule has 64 valence electrons. The highest BCUT2D eigenvalue weighted by Gasteiger charge is 2.24. The molecule has 0 aromatic carbocycles. The molecule has 0 saturated heterocycles. The predicted molar refractivity (Wildman–Crippen MR) is 55.5 cm³/mol. The number of hydrogen-bond acceptors (Lipinski definition) is 0. The minimum Gasteiger partial charge on any atom is -0.107 e. The van der Waals surface area contributed by atoms with Crippen LogP contribution in [0.4, 0.5) is 0 Å². The van der Waals surface area contributed by atoms with E-state index in [9.17, 15) is 0 Å². The van der Waals surface area contributed by atoms with Gasteiger partial charge in [0.05, 0.1) is 8.07 Å². The Kier molecular flexibility index (Phi) is 5.32. The monoisotopic (exact) mass is 168 g/mol. The Morgan fingerprint density at radius 2 is 1.45 bits per heavy atom. The van der Waals surface area contributed by atoms with Gasteiger partial charge in [0.1, 0.15) is 0 Å². The smallest absolute Gasteiger partial charge is 0.0656 e. The van der Waals surface area contributed by atoms with Crippen LogP contribution in [0, 0.1) is 11.8 Å². The van der Waals surface area contributed by atoms with Gasteiger partial charge < -0.3 is 0 Å². The summed E-state index contributed by atoms with van der Waals surface area (Å²) in [6.07, 6.45) is 0. The van der Waals surface area contributed by atoms with E-state index in [2.05, 4.69) is 32.6 Å². The average Bonchev–Trinajstić information content (AvgIpc) is 2.08. The minimum absolute atomic E-state index is 0.912. The third kappa shape index (κ3) is 3.12. The van der Waals surface area contributed by atoms with Crippen molar-refractivity contribution < 1.29 is 0 Å². The Morgan fingerprint density at radius 3 is 1.73 bits per heavy atom. The van der Waals surface area contributed by atoms with Crippen LogP contribution in [0.2, 0.25) is 24.2 Å². The van der Waals surface area contributed by atoms with Gasteiger partial charge in [-0.1, -0.05) is 38.9 Å². The standard InChI is InChI=1S/C10H20Si/c1-5-9-10-11(6-2,7-3)8-4/h6-8,10H2,1-4H3. The zero-order valence-electron chi connectivity index (χ0n) is 8.33. The van der Waals surface area contributed by atoms with E-state index in [-0.39, 0.29) is 0 Å². The van der Waals surface area contributed by atoms with E-state index in [1.165, 1.54) is 24.2 Å². The van der Waals surface area contributed by atoms with Crippen LogP contribution in [0.5, 0.6) is 0 Å². The van der Waals surface area contributed by atoms with E-state index >= 15 is 0 Å². The molecule has 1 heteroatoms. The molecule has 0 nitrogen and oxygen atoms in total. The summed E-state index contributed by atoms with van der Waals surface area (Å²) in [5.41, 5.74) is 0. The van der Waals surface area contributed by atoms with Crippen molar-refractivity contribution in [3.8, 4) is 11.8 Å². The lowest BCUT2D eigenvalue weighted by atomic mass is 10.7. The first-order valence-corrected chi connectivity index (χ1v) is 7.47. The molecular weight excluding hydrogens is 148 g/mol. The summed E-state index contributed by atoms with van der Waals surface area (Å²) in [5.74, 6) is 6.26. The second-order valence-electron chi connectivity index (χ2n) is 3.16. The lowest BCUT2D eigenvalue weighted by Gasteiger charge is -2.25. The van der Waals surface area contributed by atoms with Crippen molar-refractivity contribution in [1.29, 1.82) is 0 Å². The zero-order valence-corrected chi connectivity index (χ0v) is 9.33. The number of hydrogen-bond donors (Lipinski definition) is 0. The molecule has 0 bridgehead atoms. The summed E-state index contributed by atoms with van der Waals surface area (Å²) in [5, 5.41) is 0. The van der Waals surface area contributed by atoms with Crippen molar-refractivity contribution in [1.82, 2.24) is 0 Å². The first-order chi connectivity index (χ1) is 5.24. The Bertz CT molecular complexity index is 138. The van der Waals surface area contributed by atoms with Crippen LogP contribution >= 0.6 is 0 Å². The van der Waals surface area contributed by atoms with Crippen LogP contribution in [0.15, 0.2) is 0 Å². The highest BCUT2D eigenvalue weighted by Crippen LogP contribution is 2.23. The van der Waals surface area contributed by atoms with Crippen molar-refractivity contribution in [3.05, 3.63) is 0 Å². The van der Waals surface area contributed by atoms with Crippen LogP contribution in [0.25, 0.3) is 0 Å². The van der Waals surface area contributed by atoms with Gasteiger partial charge in [-0.3, -0.25) is 0 Å². The lowest BCUT2D eigenvalue weighted by Crippen LogP contribution is -2.30. The normalized spacial score (nSPS) is 10.5. The van der Waals surface area contributed by atoms with Crippen LogP contribution in [0.3, 0.4) is 0 Å². The largest absolute Gasteiger partial charge is 0.107 e. The van der Waals surface area contributed by atoms with E-state index in [0.717, 1.165) is 0 Å². The van der Waals surface area contributed by atoms with Gasteiger partial charge in [0.15, 0.2) is 0 Å². The van der Waals surface area contributed by atoms with Gasteiger partial charge in [0, 0.05) is 6.04 Å². The average molecular weight is 168 g/mol. The Labute approximate surface area is 72.4 Å². The van der Waals surface area contributed by atoms with E-state index < -0.39 is 8.07 Å².